The summed E-state index contributed by atoms with van der Waals surface area (Å²) < 4.78 is 66.8. The van der Waals surface area contributed by atoms with Gasteiger partial charge >= 0.3 is 6.18 Å². The van der Waals surface area contributed by atoms with E-state index in [-0.39, 0.29) is 10.5 Å². The highest BCUT2D eigenvalue weighted by molar-refractivity contribution is 7.97. The summed E-state index contributed by atoms with van der Waals surface area (Å²) >= 11 is 0.709. The summed E-state index contributed by atoms with van der Waals surface area (Å²) in [7, 11) is 1.23. The lowest BCUT2D eigenvalue weighted by Crippen LogP contribution is -2.31. The number of pyridine rings is 1. The second-order valence-corrected chi connectivity index (χ2v) is 5.70. The average Bonchev–Trinajstić information content (AvgIpc) is 2.39. The summed E-state index contributed by atoms with van der Waals surface area (Å²) in [5.74, 6) is -1.25. The van der Waals surface area contributed by atoms with Crippen molar-refractivity contribution in [1.29, 1.82) is 0 Å². The van der Waals surface area contributed by atoms with Gasteiger partial charge in [-0.05, 0) is 42.8 Å². The fraction of sp³-hybridized carbons (Fsp3) is 0.214. The van der Waals surface area contributed by atoms with E-state index in [0.717, 1.165) is 40.8 Å². The number of alkyl halides is 3. The van der Waals surface area contributed by atoms with Crippen LogP contribution in [0.5, 0.6) is 0 Å². The van der Waals surface area contributed by atoms with Gasteiger partial charge in [0.1, 0.15) is 17.7 Å². The van der Waals surface area contributed by atoms with E-state index in [1.54, 1.807) is 0 Å². The third-order valence-electron chi connectivity index (χ3n) is 2.79. The fourth-order valence-corrected chi connectivity index (χ4v) is 2.86. The number of halogens is 5. The molecule has 0 aliphatic heterocycles. The number of nitrogens with zero attached hydrogens (tertiary/aromatic N) is 2. The summed E-state index contributed by atoms with van der Waals surface area (Å²) in [6.45, 7) is 0. The molecule has 0 aliphatic carbocycles. The predicted octanol–water partition coefficient (Wildman–Crippen LogP) is 4.60. The van der Waals surface area contributed by atoms with Crippen molar-refractivity contribution < 1.29 is 22.0 Å². The normalized spacial score (nSPS) is 13.4. The van der Waals surface area contributed by atoms with E-state index in [1.165, 1.54) is 13.2 Å². The monoisotopic (exact) mass is 334 g/mol. The first-order valence-corrected chi connectivity index (χ1v) is 6.88. The molecule has 1 heterocycles. The standard InChI is InChI=1S/C14H11F5N2S/c1-21(22-12-6-11(16)7-20-8-12)13(14(17,18)19)9-2-4-10(15)5-3-9/h2-8,13H,1H3. The molecule has 2 aromatic rings. The molecule has 2 rings (SSSR count). The highest BCUT2D eigenvalue weighted by atomic mass is 32.2. The first-order chi connectivity index (χ1) is 10.3. The Hall–Kier alpha value is -1.67. The van der Waals surface area contributed by atoms with E-state index in [1.807, 2.05) is 0 Å². The molecular formula is C14H11F5N2S. The molecule has 0 N–H and O–H groups in total. The van der Waals surface area contributed by atoms with Gasteiger partial charge in [0.2, 0.25) is 0 Å². The Labute approximate surface area is 128 Å². The minimum absolute atomic E-state index is 0.103. The minimum Gasteiger partial charge on any atom is -0.260 e. The zero-order chi connectivity index (χ0) is 16.3. The molecule has 118 valence electrons. The molecule has 0 amide bonds. The quantitative estimate of drug-likeness (QED) is 0.600. The van der Waals surface area contributed by atoms with Gasteiger partial charge in [-0.3, -0.25) is 4.98 Å². The molecule has 1 aromatic carbocycles. The second-order valence-electron chi connectivity index (χ2n) is 4.47. The van der Waals surface area contributed by atoms with Crippen molar-refractivity contribution in [2.24, 2.45) is 0 Å². The maximum absolute atomic E-state index is 13.3. The molecule has 1 aromatic heterocycles. The maximum Gasteiger partial charge on any atom is 0.408 e. The molecule has 0 fully saturated rings. The fourth-order valence-electron chi connectivity index (χ4n) is 1.91. The Morgan fingerprint density at radius 1 is 1.05 bits per heavy atom. The number of hydrogen-bond donors (Lipinski definition) is 0. The topological polar surface area (TPSA) is 16.1 Å². The van der Waals surface area contributed by atoms with E-state index in [0.29, 0.717) is 11.9 Å². The van der Waals surface area contributed by atoms with Gasteiger partial charge in [0.05, 0.1) is 6.20 Å². The first kappa shape index (κ1) is 16.7. The minimum atomic E-state index is -4.57. The van der Waals surface area contributed by atoms with Crippen molar-refractivity contribution in [2.45, 2.75) is 17.1 Å². The lowest BCUT2D eigenvalue weighted by atomic mass is 10.1. The van der Waals surface area contributed by atoms with Gasteiger partial charge in [0.15, 0.2) is 0 Å². The van der Waals surface area contributed by atoms with Crippen LogP contribution in [0.4, 0.5) is 22.0 Å². The Kier molecular flexibility index (Phi) is 5.02. The van der Waals surface area contributed by atoms with Gasteiger partial charge in [-0.1, -0.05) is 12.1 Å². The van der Waals surface area contributed by atoms with E-state index in [9.17, 15) is 22.0 Å². The molecule has 0 radical (unpaired) electrons. The van der Waals surface area contributed by atoms with Crippen LogP contribution in [0, 0.1) is 11.6 Å². The molecule has 0 spiro atoms. The van der Waals surface area contributed by atoms with E-state index < -0.39 is 23.9 Å². The Morgan fingerprint density at radius 2 is 1.68 bits per heavy atom. The summed E-state index contributed by atoms with van der Waals surface area (Å²) in [4.78, 5) is 3.82. The molecule has 22 heavy (non-hydrogen) atoms. The first-order valence-electron chi connectivity index (χ1n) is 6.11. The van der Waals surface area contributed by atoms with Crippen LogP contribution in [0.3, 0.4) is 0 Å². The Morgan fingerprint density at radius 3 is 2.23 bits per heavy atom. The summed E-state index contributed by atoms with van der Waals surface area (Å²) in [6, 6.07) is 3.23. The van der Waals surface area contributed by atoms with Gasteiger partial charge in [-0.2, -0.15) is 13.2 Å². The van der Waals surface area contributed by atoms with Crippen molar-refractivity contribution in [1.82, 2.24) is 9.29 Å². The molecule has 8 heteroatoms. The average molecular weight is 334 g/mol. The van der Waals surface area contributed by atoms with E-state index in [2.05, 4.69) is 4.98 Å². The molecule has 0 bridgehead atoms. The number of aromatic nitrogens is 1. The van der Waals surface area contributed by atoms with Crippen LogP contribution in [0.25, 0.3) is 0 Å². The van der Waals surface area contributed by atoms with E-state index >= 15 is 0 Å². The van der Waals surface area contributed by atoms with Crippen LogP contribution in [-0.2, 0) is 0 Å². The molecule has 0 saturated carbocycles. The zero-order valence-corrected chi connectivity index (χ0v) is 12.1. The molecule has 1 atom stereocenters. The lowest BCUT2D eigenvalue weighted by Gasteiger charge is -2.29. The van der Waals surface area contributed by atoms with E-state index in [4.69, 9.17) is 0 Å². The predicted molar refractivity (Wildman–Crippen MR) is 73.0 cm³/mol. The van der Waals surface area contributed by atoms with Gasteiger partial charge in [0.25, 0.3) is 0 Å². The van der Waals surface area contributed by atoms with Gasteiger partial charge in [0, 0.05) is 11.1 Å². The van der Waals surface area contributed by atoms with Crippen LogP contribution < -0.4 is 0 Å². The van der Waals surface area contributed by atoms with Crippen LogP contribution >= 0.6 is 11.9 Å². The van der Waals surface area contributed by atoms with Crippen LogP contribution in [-0.4, -0.2) is 22.5 Å². The lowest BCUT2D eigenvalue weighted by molar-refractivity contribution is -0.169. The number of hydrogen-bond acceptors (Lipinski definition) is 3. The van der Waals surface area contributed by atoms with Crippen LogP contribution in [0.15, 0.2) is 47.6 Å². The van der Waals surface area contributed by atoms with Gasteiger partial charge in [-0.25, -0.2) is 13.1 Å². The van der Waals surface area contributed by atoms with Crippen LogP contribution in [0.2, 0.25) is 0 Å². The zero-order valence-electron chi connectivity index (χ0n) is 11.3. The third-order valence-corrected chi connectivity index (χ3v) is 3.72. The van der Waals surface area contributed by atoms with Crippen molar-refractivity contribution in [3.05, 3.63) is 59.9 Å². The van der Waals surface area contributed by atoms with Crippen molar-refractivity contribution in [2.75, 3.05) is 7.05 Å². The van der Waals surface area contributed by atoms with Crippen molar-refractivity contribution >= 4 is 11.9 Å². The van der Waals surface area contributed by atoms with Crippen molar-refractivity contribution in [3.63, 3.8) is 0 Å². The Balaban J connectivity index is 2.27. The molecule has 1 unspecified atom stereocenters. The second kappa shape index (κ2) is 6.62. The molecule has 0 saturated heterocycles. The molecular weight excluding hydrogens is 323 g/mol. The summed E-state index contributed by atoms with van der Waals surface area (Å²) in [5, 5.41) is 0. The smallest absolute Gasteiger partial charge is 0.260 e. The van der Waals surface area contributed by atoms with Gasteiger partial charge < -0.3 is 0 Å². The highest BCUT2D eigenvalue weighted by Crippen LogP contribution is 2.41. The maximum atomic E-state index is 13.3. The highest BCUT2D eigenvalue weighted by Gasteiger charge is 2.44. The van der Waals surface area contributed by atoms with Crippen LogP contribution in [0.1, 0.15) is 11.6 Å². The van der Waals surface area contributed by atoms with Crippen molar-refractivity contribution in [3.8, 4) is 0 Å². The summed E-state index contributed by atoms with van der Waals surface area (Å²) in [5.41, 5.74) is -0.103. The number of benzene rings is 1. The SMILES string of the molecule is CN(Sc1cncc(F)c1)C(c1ccc(F)cc1)C(F)(F)F. The number of rotatable bonds is 4. The third kappa shape index (κ3) is 4.17. The summed E-state index contributed by atoms with van der Waals surface area (Å²) in [6.07, 6.45) is -2.34. The molecule has 2 nitrogen and oxygen atoms in total. The molecule has 0 aliphatic rings. The Bertz CT molecular complexity index is 630. The largest absolute Gasteiger partial charge is 0.408 e. The van der Waals surface area contributed by atoms with Gasteiger partial charge in [-0.15, -0.1) is 0 Å².